The summed E-state index contributed by atoms with van der Waals surface area (Å²) in [7, 11) is -2.00. The maximum absolute atomic E-state index is 11.4. The maximum Gasteiger partial charge on any atom is 0.236 e. The Morgan fingerprint density at radius 3 is 2.73 bits per heavy atom. The smallest absolute Gasteiger partial charge is 0.236 e. The molecule has 1 N–H and O–H groups in total. The molecule has 15 heavy (non-hydrogen) atoms. The normalized spacial score (nSPS) is 11.3. The van der Waals surface area contributed by atoms with E-state index in [1.54, 1.807) is 0 Å². The van der Waals surface area contributed by atoms with E-state index in [0.29, 0.717) is 0 Å². The summed E-state index contributed by atoms with van der Waals surface area (Å²) in [5, 5.41) is 7.26. The van der Waals surface area contributed by atoms with Gasteiger partial charge in [0.1, 0.15) is 0 Å². The predicted octanol–water partition coefficient (Wildman–Crippen LogP) is 0.518. The fourth-order valence-electron chi connectivity index (χ4n) is 0.774. The van der Waals surface area contributed by atoms with Crippen molar-refractivity contribution in [3.63, 3.8) is 0 Å². The van der Waals surface area contributed by atoms with Gasteiger partial charge >= 0.3 is 0 Å². The molecule has 1 rings (SSSR count). The number of nitrogens with one attached hydrogen (secondary N) is 1. The lowest BCUT2D eigenvalue weighted by Crippen LogP contribution is -2.20. The molecule has 0 aliphatic heterocycles. The van der Waals surface area contributed by atoms with Crippen LogP contribution in [-0.4, -0.2) is 38.1 Å². The second-order valence-electron chi connectivity index (χ2n) is 2.66. The van der Waals surface area contributed by atoms with E-state index in [9.17, 15) is 8.42 Å². The highest BCUT2D eigenvalue weighted by molar-refractivity contribution is 7.92. The molecule has 8 heteroatoms. The molecule has 6 nitrogen and oxygen atoms in total. The van der Waals surface area contributed by atoms with Crippen LogP contribution in [0.25, 0.3) is 0 Å². The highest BCUT2D eigenvalue weighted by Gasteiger charge is 2.10. The lowest BCUT2D eigenvalue weighted by molar-refractivity contribution is 0.217. The zero-order valence-corrected chi connectivity index (χ0v) is 9.55. The van der Waals surface area contributed by atoms with Crippen LogP contribution in [0.4, 0.5) is 5.82 Å². The van der Waals surface area contributed by atoms with Crippen LogP contribution in [-0.2, 0) is 14.8 Å². The van der Waals surface area contributed by atoms with Gasteiger partial charge in [-0.3, -0.25) is 4.72 Å². The minimum atomic E-state index is -3.43. The van der Waals surface area contributed by atoms with Gasteiger partial charge in [0.05, 0.1) is 12.4 Å². The highest BCUT2D eigenvalue weighted by Crippen LogP contribution is 2.07. The van der Waals surface area contributed by atoms with Gasteiger partial charge in [0.25, 0.3) is 0 Å². The molecule has 0 saturated heterocycles. The van der Waals surface area contributed by atoms with Crippen LogP contribution in [0.3, 0.4) is 0 Å². The van der Waals surface area contributed by atoms with Crippen molar-refractivity contribution in [2.75, 3.05) is 24.2 Å². The van der Waals surface area contributed by atoms with E-state index in [-0.39, 0.29) is 23.3 Å². The van der Waals surface area contributed by atoms with E-state index in [1.165, 1.54) is 19.2 Å². The Bertz CT molecular complexity index is 406. The first-order valence-electron chi connectivity index (χ1n) is 4.02. The summed E-state index contributed by atoms with van der Waals surface area (Å²) < 4.78 is 29.6. The molecule has 0 atom stereocenters. The molecule has 0 aliphatic carbocycles. The Morgan fingerprint density at radius 1 is 1.47 bits per heavy atom. The summed E-state index contributed by atoms with van der Waals surface area (Å²) in [6, 6.07) is 2.88. The monoisotopic (exact) mass is 251 g/mol. The standard InChI is InChI=1S/C7H10ClN3O3S/c1-14-4-5-15(12,13)11-7-3-2-6(8)9-10-7/h2-3H,4-5H2,1H3,(H,10,11). The van der Waals surface area contributed by atoms with E-state index in [4.69, 9.17) is 11.6 Å². The third kappa shape index (κ3) is 4.41. The van der Waals surface area contributed by atoms with Crippen LogP contribution >= 0.6 is 11.6 Å². The first kappa shape index (κ1) is 12.2. The van der Waals surface area contributed by atoms with E-state index in [0.717, 1.165) is 0 Å². The molecule has 0 bridgehead atoms. The Morgan fingerprint density at radius 2 is 2.20 bits per heavy atom. The van der Waals surface area contributed by atoms with Gasteiger partial charge in [0.15, 0.2) is 11.0 Å². The maximum atomic E-state index is 11.4. The average Bonchev–Trinajstić information content (AvgIpc) is 2.18. The summed E-state index contributed by atoms with van der Waals surface area (Å²) in [6.45, 7) is 0.121. The molecule has 0 amide bonds. The van der Waals surface area contributed by atoms with Crippen LogP contribution in [0.5, 0.6) is 0 Å². The predicted molar refractivity (Wildman–Crippen MR) is 56.3 cm³/mol. The van der Waals surface area contributed by atoms with Gasteiger partial charge < -0.3 is 4.74 Å². The Kier molecular flexibility index (Phi) is 4.25. The van der Waals surface area contributed by atoms with Crippen molar-refractivity contribution >= 4 is 27.4 Å². The number of methoxy groups -OCH3 is 1. The van der Waals surface area contributed by atoms with Crippen LogP contribution in [0.1, 0.15) is 0 Å². The Labute approximate surface area is 92.7 Å². The fraction of sp³-hybridized carbons (Fsp3) is 0.429. The van der Waals surface area contributed by atoms with Gasteiger partial charge in [-0.15, -0.1) is 10.2 Å². The number of rotatable bonds is 5. The van der Waals surface area contributed by atoms with Gasteiger partial charge in [-0.05, 0) is 12.1 Å². The van der Waals surface area contributed by atoms with Gasteiger partial charge in [-0.2, -0.15) is 0 Å². The molecule has 0 unspecified atom stereocenters. The SMILES string of the molecule is COCCS(=O)(=O)Nc1ccc(Cl)nn1. The minimum absolute atomic E-state index is 0.121. The van der Waals surface area contributed by atoms with Crippen molar-refractivity contribution in [1.82, 2.24) is 10.2 Å². The zero-order valence-electron chi connectivity index (χ0n) is 7.97. The van der Waals surface area contributed by atoms with Gasteiger partial charge in [-0.1, -0.05) is 11.6 Å². The summed E-state index contributed by atoms with van der Waals surface area (Å²) in [5.41, 5.74) is 0. The molecule has 1 heterocycles. The lowest BCUT2D eigenvalue weighted by atomic mass is 10.5. The van der Waals surface area contributed by atoms with Crippen molar-refractivity contribution in [2.24, 2.45) is 0 Å². The lowest BCUT2D eigenvalue weighted by Gasteiger charge is -2.05. The molecular formula is C7H10ClN3O3S. The molecule has 0 spiro atoms. The molecule has 1 aromatic heterocycles. The molecule has 84 valence electrons. The topological polar surface area (TPSA) is 81.2 Å². The number of aromatic nitrogens is 2. The number of ether oxygens (including phenoxy) is 1. The second kappa shape index (κ2) is 5.24. The first-order valence-corrected chi connectivity index (χ1v) is 6.05. The van der Waals surface area contributed by atoms with Gasteiger partial charge in [0.2, 0.25) is 10.0 Å². The van der Waals surface area contributed by atoms with Crippen molar-refractivity contribution in [3.05, 3.63) is 17.3 Å². The van der Waals surface area contributed by atoms with Crippen molar-refractivity contribution < 1.29 is 13.2 Å². The molecule has 0 fully saturated rings. The van der Waals surface area contributed by atoms with Crippen LogP contribution in [0.2, 0.25) is 5.15 Å². The van der Waals surface area contributed by atoms with E-state index in [1.807, 2.05) is 0 Å². The highest BCUT2D eigenvalue weighted by atomic mass is 35.5. The summed E-state index contributed by atoms with van der Waals surface area (Å²) in [5.74, 6) is 0.00358. The largest absolute Gasteiger partial charge is 0.384 e. The van der Waals surface area contributed by atoms with Crippen molar-refractivity contribution in [3.8, 4) is 0 Å². The fourth-order valence-corrected chi connectivity index (χ4v) is 1.79. The third-order valence-corrected chi connectivity index (χ3v) is 2.87. The molecule has 0 aromatic carbocycles. The summed E-state index contributed by atoms with van der Waals surface area (Å²) in [4.78, 5) is 0. The van der Waals surface area contributed by atoms with Gasteiger partial charge in [-0.25, -0.2) is 8.42 Å². The minimum Gasteiger partial charge on any atom is -0.384 e. The number of sulfonamides is 1. The third-order valence-electron chi connectivity index (χ3n) is 1.45. The Balaban J connectivity index is 2.65. The molecule has 0 aliphatic rings. The summed E-state index contributed by atoms with van der Waals surface area (Å²) >= 11 is 5.50. The quantitative estimate of drug-likeness (QED) is 0.825. The van der Waals surface area contributed by atoms with Crippen molar-refractivity contribution in [2.45, 2.75) is 0 Å². The molecule has 1 aromatic rings. The number of anilines is 1. The second-order valence-corrected chi connectivity index (χ2v) is 4.88. The Hall–Kier alpha value is -0.920. The molecule has 0 saturated carbocycles. The summed E-state index contributed by atoms with van der Waals surface area (Å²) in [6.07, 6.45) is 0. The van der Waals surface area contributed by atoms with Crippen LogP contribution in [0, 0.1) is 0 Å². The molecular weight excluding hydrogens is 242 g/mol. The van der Waals surface area contributed by atoms with E-state index < -0.39 is 10.0 Å². The zero-order chi connectivity index (χ0) is 11.3. The van der Waals surface area contributed by atoms with Crippen LogP contribution in [0.15, 0.2) is 12.1 Å². The van der Waals surface area contributed by atoms with E-state index >= 15 is 0 Å². The number of hydrogen-bond acceptors (Lipinski definition) is 5. The van der Waals surface area contributed by atoms with Crippen LogP contribution < -0.4 is 4.72 Å². The number of halogens is 1. The van der Waals surface area contributed by atoms with Crippen molar-refractivity contribution in [1.29, 1.82) is 0 Å². The molecule has 0 radical (unpaired) electrons. The van der Waals surface area contributed by atoms with E-state index in [2.05, 4.69) is 19.7 Å². The van der Waals surface area contributed by atoms with Gasteiger partial charge in [0, 0.05) is 7.11 Å². The first-order chi connectivity index (χ1) is 7.03. The average molecular weight is 252 g/mol. The number of hydrogen-bond donors (Lipinski definition) is 1. The number of nitrogens with zero attached hydrogens (tertiary/aromatic N) is 2.